The smallest absolute Gasteiger partial charge is 0.229 e. The molecule has 10 nitrogen and oxygen atoms in total. The molecule has 0 saturated carbocycles. The van der Waals surface area contributed by atoms with Gasteiger partial charge in [0.15, 0.2) is 11.6 Å². The van der Waals surface area contributed by atoms with Gasteiger partial charge in [-0.3, -0.25) is 19.4 Å². The maximum absolute atomic E-state index is 13.1. The molecule has 4 rings (SSSR count). The number of benzene rings is 2. The number of carbonyl (C=O) groups excluding carboxylic acids is 2. The van der Waals surface area contributed by atoms with Gasteiger partial charge in [-0.15, -0.1) is 0 Å². The predicted molar refractivity (Wildman–Crippen MR) is 136 cm³/mol. The second-order valence-corrected chi connectivity index (χ2v) is 7.83. The van der Waals surface area contributed by atoms with E-state index in [1.54, 1.807) is 24.3 Å². The molecule has 0 radical (unpaired) electrons. The number of amides is 2. The fourth-order valence-electron chi connectivity index (χ4n) is 4.26. The van der Waals surface area contributed by atoms with E-state index in [1.807, 2.05) is 27.7 Å². The second-order valence-electron chi connectivity index (χ2n) is 7.83. The number of hydrogen-bond acceptors (Lipinski definition) is 8. The molecule has 0 fully saturated rings. The predicted octanol–water partition coefficient (Wildman–Crippen LogP) is 4.91. The molecule has 3 aromatic rings. The van der Waals surface area contributed by atoms with Gasteiger partial charge in [0.05, 0.1) is 26.4 Å². The van der Waals surface area contributed by atoms with E-state index in [-0.39, 0.29) is 23.5 Å². The first-order valence-corrected chi connectivity index (χ1v) is 12.0. The standard InChI is InChI=1S/C26H30N4O6/c1-7-33-17-11-12-18(34-8-2)22-21(17)27-25-26(28-22)30(16(6)32)24-20(36-10-4)14-13-19(35-9-3)23(24)29(25)15(5)31/h11-14H,7-10H2,1-6H3. The van der Waals surface area contributed by atoms with Crippen molar-refractivity contribution in [1.29, 1.82) is 0 Å². The normalized spacial score (nSPS) is 12.2. The van der Waals surface area contributed by atoms with Crippen molar-refractivity contribution < 1.29 is 28.5 Å². The highest BCUT2D eigenvalue weighted by Crippen LogP contribution is 2.55. The monoisotopic (exact) mass is 494 g/mol. The first-order valence-electron chi connectivity index (χ1n) is 12.0. The third-order valence-corrected chi connectivity index (χ3v) is 5.49. The summed E-state index contributed by atoms with van der Waals surface area (Å²) in [6, 6.07) is 6.96. The maximum atomic E-state index is 13.1. The van der Waals surface area contributed by atoms with Crippen LogP contribution in [0.2, 0.25) is 0 Å². The largest absolute Gasteiger partial charge is 0.492 e. The summed E-state index contributed by atoms with van der Waals surface area (Å²) < 4.78 is 23.4. The highest BCUT2D eigenvalue weighted by Gasteiger charge is 2.40. The molecule has 36 heavy (non-hydrogen) atoms. The highest BCUT2D eigenvalue weighted by atomic mass is 16.5. The molecule has 190 valence electrons. The zero-order valence-corrected chi connectivity index (χ0v) is 21.4. The number of fused-ring (bicyclic) bond motifs is 3. The third-order valence-electron chi connectivity index (χ3n) is 5.49. The number of ether oxygens (including phenoxy) is 4. The molecule has 0 spiro atoms. The van der Waals surface area contributed by atoms with E-state index in [0.29, 0.717) is 71.8 Å². The summed E-state index contributed by atoms with van der Waals surface area (Å²) in [5.74, 6) is 1.51. The van der Waals surface area contributed by atoms with Crippen molar-refractivity contribution in [2.24, 2.45) is 0 Å². The molecular weight excluding hydrogens is 464 g/mol. The van der Waals surface area contributed by atoms with Gasteiger partial charge in [0.25, 0.3) is 0 Å². The molecule has 1 aromatic heterocycles. The molecule has 0 N–H and O–H groups in total. The Morgan fingerprint density at radius 1 is 0.611 bits per heavy atom. The van der Waals surface area contributed by atoms with E-state index in [1.165, 1.54) is 23.6 Å². The number of nitrogens with zero attached hydrogens (tertiary/aromatic N) is 4. The molecule has 2 aromatic carbocycles. The molecular formula is C26H30N4O6. The summed E-state index contributed by atoms with van der Waals surface area (Å²) in [5, 5.41) is 0. The number of anilines is 4. The van der Waals surface area contributed by atoms with Gasteiger partial charge in [-0.05, 0) is 52.0 Å². The summed E-state index contributed by atoms with van der Waals surface area (Å²) in [6.07, 6.45) is 0. The summed E-state index contributed by atoms with van der Waals surface area (Å²) in [5.41, 5.74) is 1.56. The van der Waals surface area contributed by atoms with E-state index in [4.69, 9.17) is 28.9 Å². The van der Waals surface area contributed by atoms with Crippen LogP contribution >= 0.6 is 0 Å². The van der Waals surface area contributed by atoms with Crippen LogP contribution in [0.4, 0.5) is 23.0 Å². The van der Waals surface area contributed by atoms with E-state index >= 15 is 0 Å². The van der Waals surface area contributed by atoms with E-state index in [9.17, 15) is 9.59 Å². The van der Waals surface area contributed by atoms with E-state index in [2.05, 4.69) is 0 Å². The van der Waals surface area contributed by atoms with Crippen LogP contribution in [0.15, 0.2) is 24.3 Å². The Kier molecular flexibility index (Phi) is 7.14. The van der Waals surface area contributed by atoms with Crippen LogP contribution in [0.5, 0.6) is 23.0 Å². The lowest BCUT2D eigenvalue weighted by Crippen LogP contribution is -2.36. The number of rotatable bonds is 8. The lowest BCUT2D eigenvalue weighted by Gasteiger charge is -2.37. The molecule has 10 heteroatoms. The minimum Gasteiger partial charge on any atom is -0.492 e. The minimum atomic E-state index is -0.331. The summed E-state index contributed by atoms with van der Waals surface area (Å²) in [7, 11) is 0. The Hall–Kier alpha value is -4.08. The third kappa shape index (κ3) is 4.12. The van der Waals surface area contributed by atoms with Crippen molar-refractivity contribution in [1.82, 2.24) is 9.97 Å². The Morgan fingerprint density at radius 2 is 0.917 bits per heavy atom. The van der Waals surface area contributed by atoms with Crippen molar-refractivity contribution in [3.63, 3.8) is 0 Å². The van der Waals surface area contributed by atoms with Gasteiger partial charge in [-0.2, -0.15) is 0 Å². The van der Waals surface area contributed by atoms with Crippen LogP contribution in [0.1, 0.15) is 41.5 Å². The zero-order chi connectivity index (χ0) is 26.0. The lowest BCUT2D eigenvalue weighted by atomic mass is 10.1. The molecule has 0 atom stereocenters. The first-order chi connectivity index (χ1) is 17.4. The summed E-state index contributed by atoms with van der Waals surface area (Å²) in [4.78, 5) is 38.8. The van der Waals surface area contributed by atoms with Crippen molar-refractivity contribution in [2.75, 3.05) is 36.2 Å². The van der Waals surface area contributed by atoms with Crippen LogP contribution in [0.3, 0.4) is 0 Å². The Balaban J connectivity index is 2.14. The van der Waals surface area contributed by atoms with Gasteiger partial charge in [0.1, 0.15) is 45.4 Å². The van der Waals surface area contributed by atoms with Crippen molar-refractivity contribution in [3.8, 4) is 23.0 Å². The van der Waals surface area contributed by atoms with Gasteiger partial charge in [-0.1, -0.05) is 0 Å². The van der Waals surface area contributed by atoms with Crippen LogP contribution < -0.4 is 28.7 Å². The van der Waals surface area contributed by atoms with Crippen LogP contribution in [-0.4, -0.2) is 48.2 Å². The molecule has 0 saturated heterocycles. The SMILES string of the molecule is CCOc1ccc(OCC)c2c1N(C(C)=O)c1nc3c(OCC)ccc(OCC)c3nc1N2C(C)=O. The van der Waals surface area contributed by atoms with Crippen LogP contribution in [0.25, 0.3) is 11.0 Å². The molecule has 0 bridgehead atoms. The lowest BCUT2D eigenvalue weighted by molar-refractivity contribution is -0.117. The fourth-order valence-corrected chi connectivity index (χ4v) is 4.26. The Labute approximate surface area is 209 Å². The Morgan fingerprint density at radius 3 is 1.22 bits per heavy atom. The molecule has 1 aliphatic heterocycles. The van der Waals surface area contributed by atoms with Crippen molar-refractivity contribution >= 4 is 45.9 Å². The number of aromatic nitrogens is 2. The first kappa shape index (κ1) is 25.0. The van der Waals surface area contributed by atoms with Crippen LogP contribution in [-0.2, 0) is 9.59 Å². The van der Waals surface area contributed by atoms with Gasteiger partial charge in [-0.25, -0.2) is 9.97 Å². The molecule has 0 aliphatic carbocycles. The van der Waals surface area contributed by atoms with Crippen molar-refractivity contribution in [3.05, 3.63) is 24.3 Å². The maximum Gasteiger partial charge on any atom is 0.229 e. The fraction of sp³-hybridized carbons (Fsp3) is 0.385. The molecule has 0 unspecified atom stereocenters. The highest BCUT2D eigenvalue weighted by molar-refractivity contribution is 6.17. The topological polar surface area (TPSA) is 103 Å². The zero-order valence-electron chi connectivity index (χ0n) is 21.4. The van der Waals surface area contributed by atoms with Gasteiger partial charge in [0.2, 0.25) is 11.8 Å². The summed E-state index contributed by atoms with van der Waals surface area (Å²) in [6.45, 7) is 11.8. The van der Waals surface area contributed by atoms with E-state index in [0.717, 1.165) is 0 Å². The number of hydrogen-bond donors (Lipinski definition) is 0. The molecule has 1 aliphatic rings. The summed E-state index contributed by atoms with van der Waals surface area (Å²) >= 11 is 0. The van der Waals surface area contributed by atoms with Gasteiger partial charge >= 0.3 is 0 Å². The molecule has 2 heterocycles. The average molecular weight is 495 g/mol. The quantitative estimate of drug-likeness (QED) is 0.435. The van der Waals surface area contributed by atoms with E-state index < -0.39 is 0 Å². The van der Waals surface area contributed by atoms with Crippen LogP contribution in [0, 0.1) is 0 Å². The number of carbonyl (C=O) groups is 2. The van der Waals surface area contributed by atoms with Gasteiger partial charge in [0, 0.05) is 13.8 Å². The second kappa shape index (κ2) is 10.3. The average Bonchev–Trinajstić information content (AvgIpc) is 2.84. The Bertz CT molecular complexity index is 1230. The van der Waals surface area contributed by atoms with Gasteiger partial charge < -0.3 is 18.9 Å². The molecule has 2 amide bonds. The minimum absolute atomic E-state index is 0.182. The van der Waals surface area contributed by atoms with Crippen molar-refractivity contribution in [2.45, 2.75) is 41.5 Å².